The Bertz CT molecular complexity index is 980. The smallest absolute Gasteiger partial charge is 0.251 e. The highest BCUT2D eigenvalue weighted by atomic mass is 16.2. The van der Waals surface area contributed by atoms with Crippen LogP contribution in [0, 0.1) is 0 Å². The standard InChI is InChI=1S/C23H24N4O4/c28-20-8-4-14-12-16(2-6-18(14)26-20)22(30)24-10-1-11-25-23(31)17-3-7-19-15(13-17)5-9-21(29)27-19/h2-3,6-7,12-13H,1,4-5,8-11H2,(H,24,30)(H,25,31)(H,26,28)(H,27,29). The number of amides is 4. The molecular weight excluding hydrogens is 396 g/mol. The number of anilines is 2. The summed E-state index contributed by atoms with van der Waals surface area (Å²) in [5.41, 5.74) is 4.56. The summed E-state index contributed by atoms with van der Waals surface area (Å²) in [5, 5.41) is 11.3. The van der Waals surface area contributed by atoms with E-state index in [4.69, 9.17) is 0 Å². The molecule has 2 aromatic carbocycles. The second-order valence-corrected chi connectivity index (χ2v) is 7.71. The Morgan fingerprint density at radius 1 is 0.710 bits per heavy atom. The van der Waals surface area contributed by atoms with Crippen LogP contribution in [0.5, 0.6) is 0 Å². The van der Waals surface area contributed by atoms with E-state index >= 15 is 0 Å². The van der Waals surface area contributed by atoms with E-state index in [9.17, 15) is 19.2 Å². The van der Waals surface area contributed by atoms with Gasteiger partial charge in [0.2, 0.25) is 11.8 Å². The average Bonchev–Trinajstić information content (AvgIpc) is 2.77. The summed E-state index contributed by atoms with van der Waals surface area (Å²) in [6.45, 7) is 0.867. The number of fused-ring (bicyclic) bond motifs is 2. The highest BCUT2D eigenvalue weighted by Crippen LogP contribution is 2.24. The molecule has 2 aliphatic rings. The number of nitrogens with one attached hydrogen (secondary N) is 4. The Morgan fingerprint density at radius 2 is 1.16 bits per heavy atom. The number of rotatable bonds is 6. The summed E-state index contributed by atoms with van der Waals surface area (Å²) in [7, 11) is 0. The second kappa shape index (κ2) is 8.99. The van der Waals surface area contributed by atoms with Crippen molar-refractivity contribution in [3.63, 3.8) is 0 Å². The monoisotopic (exact) mass is 420 g/mol. The van der Waals surface area contributed by atoms with Crippen LogP contribution in [0.2, 0.25) is 0 Å². The fourth-order valence-electron chi connectivity index (χ4n) is 3.75. The molecule has 4 N–H and O–H groups in total. The predicted molar refractivity (Wildman–Crippen MR) is 116 cm³/mol. The molecule has 8 nitrogen and oxygen atoms in total. The van der Waals surface area contributed by atoms with Gasteiger partial charge in [0.25, 0.3) is 11.8 Å². The Balaban J connectivity index is 1.21. The maximum Gasteiger partial charge on any atom is 0.251 e. The lowest BCUT2D eigenvalue weighted by Crippen LogP contribution is -2.30. The van der Waals surface area contributed by atoms with Crippen molar-refractivity contribution >= 4 is 35.0 Å². The summed E-state index contributed by atoms with van der Waals surface area (Å²) in [4.78, 5) is 47.6. The van der Waals surface area contributed by atoms with Crippen LogP contribution in [0.25, 0.3) is 0 Å². The van der Waals surface area contributed by atoms with Crippen molar-refractivity contribution in [2.24, 2.45) is 0 Å². The second-order valence-electron chi connectivity index (χ2n) is 7.71. The van der Waals surface area contributed by atoms with Crippen molar-refractivity contribution in [2.75, 3.05) is 23.7 Å². The number of benzene rings is 2. The van der Waals surface area contributed by atoms with E-state index in [0.717, 1.165) is 22.5 Å². The molecule has 8 heteroatoms. The molecule has 31 heavy (non-hydrogen) atoms. The molecule has 160 valence electrons. The maximum atomic E-state index is 12.4. The Labute approximate surface area is 179 Å². The molecule has 0 radical (unpaired) electrons. The van der Waals surface area contributed by atoms with Crippen LogP contribution in [0.3, 0.4) is 0 Å². The zero-order chi connectivity index (χ0) is 21.8. The SMILES string of the molecule is O=C1CCc2cc(C(=O)NCCCNC(=O)c3ccc4c(c3)CCC(=O)N4)ccc2N1. The minimum Gasteiger partial charge on any atom is -0.352 e. The molecule has 2 heterocycles. The van der Waals surface area contributed by atoms with Crippen LogP contribution in [-0.2, 0) is 22.4 Å². The van der Waals surface area contributed by atoms with Crippen LogP contribution in [0.15, 0.2) is 36.4 Å². The molecule has 0 saturated heterocycles. The van der Waals surface area contributed by atoms with Gasteiger partial charge in [0.05, 0.1) is 0 Å². The van der Waals surface area contributed by atoms with Crippen molar-refractivity contribution in [2.45, 2.75) is 32.1 Å². The molecule has 4 rings (SSSR count). The molecule has 0 saturated carbocycles. The lowest BCUT2D eigenvalue weighted by atomic mass is 10.00. The van der Waals surface area contributed by atoms with E-state index in [1.54, 1.807) is 24.3 Å². The number of carbonyl (C=O) groups is 4. The van der Waals surface area contributed by atoms with Crippen molar-refractivity contribution in [3.8, 4) is 0 Å². The summed E-state index contributed by atoms with van der Waals surface area (Å²) >= 11 is 0. The molecule has 2 aliphatic heterocycles. The van der Waals surface area contributed by atoms with Crippen LogP contribution in [0.4, 0.5) is 11.4 Å². The third kappa shape index (κ3) is 4.91. The number of hydrogen-bond donors (Lipinski definition) is 4. The lowest BCUT2D eigenvalue weighted by Gasteiger charge is -2.17. The number of carbonyl (C=O) groups excluding carboxylic acids is 4. The minimum absolute atomic E-state index is 0.00564. The van der Waals surface area contributed by atoms with Crippen molar-refractivity contribution in [1.82, 2.24) is 10.6 Å². The van der Waals surface area contributed by atoms with Gasteiger partial charge >= 0.3 is 0 Å². The first-order valence-electron chi connectivity index (χ1n) is 10.4. The van der Waals surface area contributed by atoms with E-state index in [1.807, 2.05) is 12.1 Å². The summed E-state index contributed by atoms with van der Waals surface area (Å²) < 4.78 is 0. The van der Waals surface area contributed by atoms with Gasteiger partial charge in [-0.2, -0.15) is 0 Å². The molecule has 4 amide bonds. The minimum atomic E-state index is -0.178. The molecule has 0 spiro atoms. The van der Waals surface area contributed by atoms with Crippen molar-refractivity contribution < 1.29 is 19.2 Å². The van der Waals surface area contributed by atoms with E-state index in [1.165, 1.54) is 0 Å². The molecule has 0 unspecified atom stereocenters. The maximum absolute atomic E-state index is 12.4. The Hall–Kier alpha value is -3.68. The van der Waals surface area contributed by atoms with Crippen molar-refractivity contribution in [3.05, 3.63) is 58.7 Å². The van der Waals surface area contributed by atoms with Gasteiger partial charge in [-0.3, -0.25) is 19.2 Å². The zero-order valence-electron chi connectivity index (χ0n) is 17.0. The van der Waals surface area contributed by atoms with Crippen LogP contribution in [-0.4, -0.2) is 36.7 Å². The van der Waals surface area contributed by atoms with E-state index in [-0.39, 0.29) is 23.6 Å². The van der Waals surface area contributed by atoms with Gasteiger partial charge in [-0.25, -0.2) is 0 Å². The van der Waals surface area contributed by atoms with E-state index in [0.29, 0.717) is 56.3 Å². The summed E-state index contributed by atoms with van der Waals surface area (Å²) in [5.74, 6) is -0.367. The number of aryl methyl sites for hydroxylation is 2. The van der Waals surface area contributed by atoms with E-state index in [2.05, 4.69) is 21.3 Å². The third-order valence-electron chi connectivity index (χ3n) is 5.45. The largest absolute Gasteiger partial charge is 0.352 e. The van der Waals surface area contributed by atoms with Gasteiger partial charge in [0.1, 0.15) is 0 Å². The van der Waals surface area contributed by atoms with Gasteiger partial charge in [0.15, 0.2) is 0 Å². The predicted octanol–water partition coefficient (Wildman–Crippen LogP) is 2.01. The molecule has 0 atom stereocenters. The first kappa shape index (κ1) is 20.6. The zero-order valence-corrected chi connectivity index (χ0v) is 17.0. The average molecular weight is 420 g/mol. The van der Waals surface area contributed by atoms with Crippen LogP contribution >= 0.6 is 0 Å². The van der Waals surface area contributed by atoms with Gasteiger partial charge in [-0.1, -0.05) is 0 Å². The van der Waals surface area contributed by atoms with Crippen molar-refractivity contribution in [1.29, 1.82) is 0 Å². The third-order valence-corrected chi connectivity index (χ3v) is 5.45. The van der Waals surface area contributed by atoms with E-state index < -0.39 is 0 Å². The first-order valence-corrected chi connectivity index (χ1v) is 10.4. The molecule has 0 bridgehead atoms. The fraction of sp³-hybridized carbons (Fsp3) is 0.304. The molecule has 2 aromatic rings. The summed E-state index contributed by atoms with van der Waals surface area (Å²) in [6, 6.07) is 10.5. The van der Waals surface area contributed by atoms with Crippen LogP contribution in [0.1, 0.15) is 51.1 Å². The highest BCUT2D eigenvalue weighted by Gasteiger charge is 2.18. The Kier molecular flexibility index (Phi) is 5.97. The molecule has 0 aliphatic carbocycles. The lowest BCUT2D eigenvalue weighted by molar-refractivity contribution is -0.117. The normalized spacial score (nSPS) is 14.6. The van der Waals surface area contributed by atoms with Gasteiger partial charge in [0, 0.05) is 48.4 Å². The molecular formula is C23H24N4O4. The first-order chi connectivity index (χ1) is 15.0. The number of hydrogen-bond acceptors (Lipinski definition) is 4. The Morgan fingerprint density at radius 3 is 1.61 bits per heavy atom. The molecule has 0 aromatic heterocycles. The van der Waals surface area contributed by atoms with Gasteiger partial charge in [-0.15, -0.1) is 0 Å². The topological polar surface area (TPSA) is 116 Å². The van der Waals surface area contributed by atoms with Crippen LogP contribution < -0.4 is 21.3 Å². The summed E-state index contributed by atoms with van der Waals surface area (Å²) in [6.07, 6.45) is 2.71. The van der Waals surface area contributed by atoms with Gasteiger partial charge < -0.3 is 21.3 Å². The fourth-order valence-corrected chi connectivity index (χ4v) is 3.75. The quantitative estimate of drug-likeness (QED) is 0.535. The molecule has 0 fully saturated rings. The van der Waals surface area contributed by atoms with Gasteiger partial charge in [-0.05, 0) is 66.8 Å². The highest BCUT2D eigenvalue weighted by molar-refractivity contribution is 5.99.